The second-order valence-corrected chi connectivity index (χ2v) is 6.08. The lowest BCUT2D eigenvalue weighted by Gasteiger charge is -2.32. The summed E-state index contributed by atoms with van der Waals surface area (Å²) in [5, 5.41) is 11.1. The largest absolute Gasteiger partial charge is 0.465 e. The maximum Gasteiger partial charge on any atom is 0.344 e. The lowest BCUT2D eigenvalue weighted by molar-refractivity contribution is -0.385. The van der Waals surface area contributed by atoms with Gasteiger partial charge in [0.1, 0.15) is 5.56 Å². The first-order valence-electron chi connectivity index (χ1n) is 7.68. The first-order chi connectivity index (χ1) is 10.9. The monoisotopic (exact) mass is 321 g/mol. The van der Waals surface area contributed by atoms with Crippen molar-refractivity contribution in [3.8, 4) is 0 Å². The molecule has 7 nitrogen and oxygen atoms in total. The number of anilines is 1. The van der Waals surface area contributed by atoms with Gasteiger partial charge in [-0.2, -0.15) is 0 Å². The van der Waals surface area contributed by atoms with E-state index in [0.29, 0.717) is 5.92 Å². The molecule has 2 rings (SSSR count). The zero-order valence-corrected chi connectivity index (χ0v) is 13.8. The van der Waals surface area contributed by atoms with Crippen LogP contribution in [0.2, 0.25) is 0 Å². The summed E-state index contributed by atoms with van der Waals surface area (Å²) in [6, 6.07) is 4.59. The van der Waals surface area contributed by atoms with Crippen LogP contribution in [0.1, 0.15) is 23.2 Å². The number of piperidine rings is 1. The Morgan fingerprint density at radius 2 is 2.09 bits per heavy atom. The van der Waals surface area contributed by atoms with E-state index in [1.54, 1.807) is 12.1 Å². The number of carbonyl (C=O) groups excluding carboxylic acids is 1. The third-order valence-electron chi connectivity index (χ3n) is 4.39. The quantitative estimate of drug-likeness (QED) is 0.470. The number of carbonyl (C=O) groups is 1. The molecule has 126 valence electrons. The number of esters is 1. The van der Waals surface area contributed by atoms with Gasteiger partial charge in [0, 0.05) is 25.3 Å². The van der Waals surface area contributed by atoms with Crippen LogP contribution in [0.3, 0.4) is 0 Å². The SMILES string of the molecule is COC(=O)c1cc(N(C)CC2CCN(C)CC2)ccc1[N+](=O)[O-]. The summed E-state index contributed by atoms with van der Waals surface area (Å²) in [5.41, 5.74) is 0.549. The summed E-state index contributed by atoms with van der Waals surface area (Å²) in [6.07, 6.45) is 2.27. The van der Waals surface area contributed by atoms with Crippen molar-refractivity contribution in [1.82, 2.24) is 4.90 Å². The number of likely N-dealkylation sites (tertiary alicyclic amines) is 1. The lowest BCUT2D eigenvalue weighted by Crippen LogP contribution is -2.35. The molecule has 1 aliphatic heterocycles. The van der Waals surface area contributed by atoms with Crippen molar-refractivity contribution in [3.63, 3.8) is 0 Å². The first-order valence-corrected chi connectivity index (χ1v) is 7.68. The van der Waals surface area contributed by atoms with Crippen LogP contribution in [0.4, 0.5) is 11.4 Å². The molecular weight excluding hydrogens is 298 g/mol. The second-order valence-electron chi connectivity index (χ2n) is 6.08. The van der Waals surface area contributed by atoms with Gasteiger partial charge in [0.05, 0.1) is 12.0 Å². The van der Waals surface area contributed by atoms with Crippen molar-refractivity contribution < 1.29 is 14.5 Å². The summed E-state index contributed by atoms with van der Waals surface area (Å²) in [6.45, 7) is 3.05. The molecular formula is C16H23N3O4. The van der Waals surface area contributed by atoms with Gasteiger partial charge in [0.15, 0.2) is 0 Å². The van der Waals surface area contributed by atoms with Crippen molar-refractivity contribution in [1.29, 1.82) is 0 Å². The highest BCUT2D eigenvalue weighted by Gasteiger charge is 2.23. The number of benzene rings is 1. The molecule has 0 N–H and O–H groups in total. The van der Waals surface area contributed by atoms with E-state index in [1.807, 2.05) is 11.9 Å². The van der Waals surface area contributed by atoms with Crippen LogP contribution in [0.5, 0.6) is 0 Å². The number of nitrogens with zero attached hydrogens (tertiary/aromatic N) is 3. The molecule has 0 saturated carbocycles. The molecule has 0 spiro atoms. The van der Waals surface area contributed by atoms with E-state index < -0.39 is 10.9 Å². The standard InChI is InChI=1S/C16H23N3O4/c1-17-8-6-12(7-9-17)11-18(2)13-4-5-15(19(21)22)14(10-13)16(20)23-3/h4-5,10,12H,6-9,11H2,1-3H3. The maximum atomic E-state index is 11.8. The van der Waals surface area contributed by atoms with Gasteiger partial charge in [-0.05, 0) is 51.0 Å². The van der Waals surface area contributed by atoms with E-state index in [0.717, 1.165) is 38.2 Å². The van der Waals surface area contributed by atoms with Crippen molar-refractivity contribution in [3.05, 3.63) is 33.9 Å². The van der Waals surface area contributed by atoms with Crippen LogP contribution in [0, 0.1) is 16.0 Å². The van der Waals surface area contributed by atoms with Gasteiger partial charge in [-0.1, -0.05) is 0 Å². The molecule has 7 heteroatoms. The van der Waals surface area contributed by atoms with Gasteiger partial charge >= 0.3 is 5.97 Å². The Balaban J connectivity index is 2.15. The number of nitro benzene ring substituents is 1. The minimum absolute atomic E-state index is 0.00905. The summed E-state index contributed by atoms with van der Waals surface area (Å²) in [7, 11) is 5.29. The van der Waals surface area contributed by atoms with Gasteiger partial charge in [-0.15, -0.1) is 0 Å². The van der Waals surface area contributed by atoms with Gasteiger partial charge in [0.2, 0.25) is 0 Å². The number of hydrogen-bond donors (Lipinski definition) is 0. The van der Waals surface area contributed by atoms with Crippen molar-refractivity contribution >= 4 is 17.3 Å². The normalized spacial score (nSPS) is 16.1. The fourth-order valence-electron chi connectivity index (χ4n) is 2.93. The van der Waals surface area contributed by atoms with Gasteiger partial charge in [-0.3, -0.25) is 10.1 Å². The molecule has 0 radical (unpaired) electrons. The molecule has 0 atom stereocenters. The van der Waals surface area contributed by atoms with Crippen molar-refractivity contribution in [2.24, 2.45) is 5.92 Å². The Kier molecular flexibility index (Phi) is 5.54. The molecule has 0 aliphatic carbocycles. The molecule has 1 fully saturated rings. The average molecular weight is 321 g/mol. The van der Waals surface area contributed by atoms with Gasteiger partial charge in [0.25, 0.3) is 5.69 Å². The molecule has 0 aromatic heterocycles. The lowest BCUT2D eigenvalue weighted by atomic mass is 9.96. The predicted molar refractivity (Wildman–Crippen MR) is 87.9 cm³/mol. The first kappa shape index (κ1) is 17.2. The van der Waals surface area contributed by atoms with Gasteiger partial charge in [-0.25, -0.2) is 4.79 Å². The molecule has 0 bridgehead atoms. The molecule has 1 aromatic carbocycles. The van der Waals surface area contributed by atoms with Crippen LogP contribution < -0.4 is 4.90 Å². The van der Waals surface area contributed by atoms with E-state index in [1.165, 1.54) is 13.2 Å². The zero-order chi connectivity index (χ0) is 17.0. The number of rotatable bonds is 5. The summed E-state index contributed by atoms with van der Waals surface area (Å²) in [4.78, 5) is 26.6. The van der Waals surface area contributed by atoms with E-state index in [-0.39, 0.29) is 11.3 Å². The number of ether oxygens (including phenoxy) is 1. The van der Waals surface area contributed by atoms with Gasteiger partial charge < -0.3 is 14.5 Å². The Labute approximate surface area is 136 Å². The number of methoxy groups -OCH3 is 1. The molecule has 23 heavy (non-hydrogen) atoms. The Bertz CT molecular complexity index is 583. The second kappa shape index (κ2) is 7.41. The smallest absolute Gasteiger partial charge is 0.344 e. The van der Waals surface area contributed by atoms with Crippen LogP contribution in [0.25, 0.3) is 0 Å². The van der Waals surface area contributed by atoms with E-state index >= 15 is 0 Å². The van der Waals surface area contributed by atoms with Crippen LogP contribution in [-0.4, -0.2) is 56.6 Å². The third kappa shape index (κ3) is 4.19. The highest BCUT2D eigenvalue weighted by atomic mass is 16.6. The number of nitro groups is 1. The Hall–Kier alpha value is -2.15. The van der Waals surface area contributed by atoms with E-state index in [9.17, 15) is 14.9 Å². The zero-order valence-electron chi connectivity index (χ0n) is 13.8. The highest BCUT2D eigenvalue weighted by molar-refractivity contribution is 5.95. The highest BCUT2D eigenvalue weighted by Crippen LogP contribution is 2.27. The molecule has 0 amide bonds. The van der Waals surface area contributed by atoms with Crippen molar-refractivity contribution in [2.75, 3.05) is 45.7 Å². The summed E-state index contributed by atoms with van der Waals surface area (Å²) >= 11 is 0. The summed E-state index contributed by atoms with van der Waals surface area (Å²) < 4.78 is 4.66. The average Bonchev–Trinajstić information content (AvgIpc) is 2.55. The molecule has 1 heterocycles. The fourth-order valence-corrected chi connectivity index (χ4v) is 2.93. The molecule has 1 saturated heterocycles. The fraction of sp³-hybridized carbons (Fsp3) is 0.562. The Morgan fingerprint density at radius 3 is 2.65 bits per heavy atom. The minimum Gasteiger partial charge on any atom is -0.465 e. The van der Waals surface area contributed by atoms with E-state index in [2.05, 4.69) is 16.7 Å². The maximum absolute atomic E-state index is 11.8. The molecule has 0 unspecified atom stereocenters. The van der Waals surface area contributed by atoms with E-state index in [4.69, 9.17) is 0 Å². The molecule has 1 aromatic rings. The predicted octanol–water partition coefficient (Wildman–Crippen LogP) is 2.16. The van der Waals surface area contributed by atoms with Crippen molar-refractivity contribution in [2.45, 2.75) is 12.8 Å². The van der Waals surface area contributed by atoms with Crippen LogP contribution in [-0.2, 0) is 4.74 Å². The number of hydrogen-bond acceptors (Lipinski definition) is 6. The summed E-state index contributed by atoms with van der Waals surface area (Å²) in [5.74, 6) is -0.0980. The third-order valence-corrected chi connectivity index (χ3v) is 4.39. The topological polar surface area (TPSA) is 75.9 Å². The van der Waals surface area contributed by atoms with Crippen LogP contribution >= 0.6 is 0 Å². The Morgan fingerprint density at radius 1 is 1.43 bits per heavy atom. The minimum atomic E-state index is -0.689. The molecule has 1 aliphatic rings. The van der Waals surface area contributed by atoms with Crippen LogP contribution in [0.15, 0.2) is 18.2 Å².